The molecule has 2 aromatic carbocycles. The number of hydrogen-bond acceptors (Lipinski definition) is 2. The van der Waals surface area contributed by atoms with E-state index in [9.17, 15) is 5.11 Å². The van der Waals surface area contributed by atoms with E-state index in [4.69, 9.17) is 0 Å². The van der Waals surface area contributed by atoms with Crippen molar-refractivity contribution in [3.63, 3.8) is 0 Å². The van der Waals surface area contributed by atoms with Crippen molar-refractivity contribution in [2.24, 2.45) is 0 Å². The summed E-state index contributed by atoms with van der Waals surface area (Å²) < 4.78 is 0. The molecule has 0 spiro atoms. The van der Waals surface area contributed by atoms with Crippen LogP contribution >= 0.6 is 0 Å². The van der Waals surface area contributed by atoms with Crippen molar-refractivity contribution in [1.82, 2.24) is 4.90 Å². The molecule has 0 aliphatic carbocycles. The monoisotopic (exact) mass is 349 g/mol. The fourth-order valence-corrected chi connectivity index (χ4v) is 5.10. The smallest absolute Gasteiger partial charge is 0.0677 e. The molecule has 2 nitrogen and oxygen atoms in total. The van der Waals surface area contributed by atoms with Gasteiger partial charge in [0.2, 0.25) is 0 Å². The second-order valence-electron chi connectivity index (χ2n) is 8.37. The van der Waals surface area contributed by atoms with Crippen molar-refractivity contribution in [3.05, 3.63) is 71.8 Å². The predicted molar refractivity (Wildman–Crippen MR) is 107 cm³/mol. The number of piperidine rings is 1. The molecule has 2 aromatic rings. The van der Waals surface area contributed by atoms with Gasteiger partial charge in [0.1, 0.15) is 0 Å². The summed E-state index contributed by atoms with van der Waals surface area (Å²) >= 11 is 0. The van der Waals surface area contributed by atoms with Gasteiger partial charge in [-0.1, -0.05) is 67.1 Å². The summed E-state index contributed by atoms with van der Waals surface area (Å²) in [5.41, 5.74) is 2.38. The lowest BCUT2D eigenvalue weighted by Gasteiger charge is -2.44. The average Bonchev–Trinajstić information content (AvgIpc) is 2.91. The Balaban J connectivity index is 1.28. The number of fused-ring (bicyclic) bond motifs is 2. The van der Waals surface area contributed by atoms with Crippen molar-refractivity contribution in [1.29, 1.82) is 0 Å². The minimum atomic E-state index is -0.435. The van der Waals surface area contributed by atoms with E-state index < -0.39 is 5.60 Å². The van der Waals surface area contributed by atoms with Crippen LogP contribution in [0.15, 0.2) is 60.7 Å². The molecule has 138 valence electrons. The lowest BCUT2D eigenvalue weighted by atomic mass is 9.82. The SMILES string of the molecule is OC1(CCCCc2ccccc2)CC2CCC(C1)N2Cc1ccccc1. The zero-order valence-corrected chi connectivity index (χ0v) is 15.7. The zero-order valence-electron chi connectivity index (χ0n) is 15.7. The first-order chi connectivity index (χ1) is 12.7. The standard InChI is InChI=1S/C24H31NO/c26-24(16-8-7-11-20-9-3-1-4-10-20)17-22-14-15-23(18-24)25(22)19-21-12-5-2-6-13-21/h1-6,9-10,12-13,22-23,26H,7-8,11,14-19H2. The minimum Gasteiger partial charge on any atom is -0.390 e. The summed E-state index contributed by atoms with van der Waals surface area (Å²) in [6.07, 6.45) is 8.83. The highest BCUT2D eigenvalue weighted by Crippen LogP contribution is 2.43. The number of unbranched alkanes of at least 4 members (excludes halogenated alkanes) is 1. The molecule has 2 atom stereocenters. The fourth-order valence-electron chi connectivity index (χ4n) is 5.10. The van der Waals surface area contributed by atoms with Crippen molar-refractivity contribution in [2.45, 2.75) is 75.6 Å². The van der Waals surface area contributed by atoms with Crippen molar-refractivity contribution in [2.75, 3.05) is 0 Å². The van der Waals surface area contributed by atoms with E-state index in [1.165, 1.54) is 30.4 Å². The number of rotatable bonds is 7. The van der Waals surface area contributed by atoms with E-state index in [-0.39, 0.29) is 0 Å². The Morgan fingerprint density at radius 1 is 0.808 bits per heavy atom. The average molecular weight is 350 g/mol. The van der Waals surface area contributed by atoms with Crippen molar-refractivity contribution in [3.8, 4) is 0 Å². The third kappa shape index (κ3) is 4.19. The van der Waals surface area contributed by atoms with Crippen molar-refractivity contribution < 1.29 is 5.11 Å². The second-order valence-corrected chi connectivity index (χ2v) is 8.37. The molecule has 2 heterocycles. The molecule has 2 aliphatic heterocycles. The van der Waals surface area contributed by atoms with Crippen LogP contribution in [0.4, 0.5) is 0 Å². The van der Waals surface area contributed by atoms with Gasteiger partial charge >= 0.3 is 0 Å². The molecule has 1 N–H and O–H groups in total. The maximum absolute atomic E-state index is 11.2. The Morgan fingerprint density at radius 3 is 2.00 bits per heavy atom. The van der Waals surface area contributed by atoms with E-state index in [2.05, 4.69) is 65.6 Å². The van der Waals surface area contributed by atoms with Gasteiger partial charge in [-0.25, -0.2) is 0 Å². The maximum Gasteiger partial charge on any atom is 0.0677 e. The van der Waals surface area contributed by atoms with E-state index in [1.54, 1.807) is 0 Å². The summed E-state index contributed by atoms with van der Waals surface area (Å²) in [7, 11) is 0. The number of aliphatic hydroxyl groups is 1. The normalized spacial score (nSPS) is 28.3. The van der Waals surface area contributed by atoms with Crippen LogP contribution in [0.3, 0.4) is 0 Å². The predicted octanol–water partition coefficient (Wildman–Crippen LogP) is 4.96. The van der Waals surface area contributed by atoms with Gasteiger partial charge < -0.3 is 5.11 Å². The van der Waals surface area contributed by atoms with Gasteiger partial charge in [-0.05, 0) is 56.1 Å². The van der Waals surface area contributed by atoms with Crippen LogP contribution in [0.5, 0.6) is 0 Å². The van der Waals surface area contributed by atoms with Gasteiger partial charge in [0.15, 0.2) is 0 Å². The third-order valence-corrected chi connectivity index (χ3v) is 6.41. The molecule has 2 heteroatoms. The van der Waals surface area contributed by atoms with E-state index in [0.717, 1.165) is 38.6 Å². The van der Waals surface area contributed by atoms with Gasteiger partial charge in [-0.3, -0.25) is 4.90 Å². The van der Waals surface area contributed by atoms with E-state index in [0.29, 0.717) is 12.1 Å². The number of benzene rings is 2. The van der Waals surface area contributed by atoms with Crippen LogP contribution in [-0.2, 0) is 13.0 Å². The van der Waals surface area contributed by atoms with Crippen LogP contribution in [0.2, 0.25) is 0 Å². The first-order valence-corrected chi connectivity index (χ1v) is 10.3. The molecule has 0 radical (unpaired) electrons. The highest BCUT2D eigenvalue weighted by Gasteiger charge is 2.46. The third-order valence-electron chi connectivity index (χ3n) is 6.41. The molecule has 4 rings (SSSR count). The quantitative estimate of drug-likeness (QED) is 0.714. The lowest BCUT2D eigenvalue weighted by Crippen LogP contribution is -2.50. The van der Waals surface area contributed by atoms with Crippen LogP contribution in [0.1, 0.15) is 56.1 Å². The first kappa shape index (κ1) is 17.8. The molecule has 2 saturated heterocycles. The molecule has 2 bridgehead atoms. The summed E-state index contributed by atoms with van der Waals surface area (Å²) in [6.45, 7) is 1.04. The Bertz CT molecular complexity index is 670. The number of nitrogens with zero attached hydrogens (tertiary/aromatic N) is 1. The number of hydrogen-bond donors (Lipinski definition) is 1. The van der Waals surface area contributed by atoms with Gasteiger partial charge in [-0.2, -0.15) is 0 Å². The second kappa shape index (κ2) is 7.94. The lowest BCUT2D eigenvalue weighted by molar-refractivity contribution is -0.0610. The Hall–Kier alpha value is -1.64. The van der Waals surface area contributed by atoms with Crippen LogP contribution in [0, 0.1) is 0 Å². The molecule has 0 amide bonds. The van der Waals surface area contributed by atoms with E-state index >= 15 is 0 Å². The highest BCUT2D eigenvalue weighted by molar-refractivity contribution is 5.16. The van der Waals surface area contributed by atoms with Crippen LogP contribution in [0.25, 0.3) is 0 Å². The maximum atomic E-state index is 11.2. The molecule has 0 aromatic heterocycles. The first-order valence-electron chi connectivity index (χ1n) is 10.3. The summed E-state index contributed by atoms with van der Waals surface area (Å²) in [6, 6.07) is 22.6. The summed E-state index contributed by atoms with van der Waals surface area (Å²) in [5, 5.41) is 11.2. The minimum absolute atomic E-state index is 0.435. The van der Waals surface area contributed by atoms with Gasteiger partial charge in [-0.15, -0.1) is 0 Å². The Kier molecular flexibility index (Phi) is 5.42. The fraction of sp³-hybridized carbons (Fsp3) is 0.500. The molecule has 2 fully saturated rings. The molecule has 0 saturated carbocycles. The van der Waals surface area contributed by atoms with Gasteiger partial charge in [0.25, 0.3) is 0 Å². The number of aryl methyl sites for hydroxylation is 1. The summed E-state index contributed by atoms with van der Waals surface area (Å²) in [4.78, 5) is 2.66. The van der Waals surface area contributed by atoms with Crippen LogP contribution < -0.4 is 0 Å². The Labute approximate surface area is 157 Å². The Morgan fingerprint density at radius 2 is 1.38 bits per heavy atom. The molecular formula is C24H31NO. The zero-order chi connectivity index (χ0) is 17.8. The molecular weight excluding hydrogens is 318 g/mol. The van der Waals surface area contributed by atoms with Crippen LogP contribution in [-0.4, -0.2) is 27.7 Å². The van der Waals surface area contributed by atoms with E-state index in [1.807, 2.05) is 0 Å². The highest BCUT2D eigenvalue weighted by atomic mass is 16.3. The molecule has 26 heavy (non-hydrogen) atoms. The topological polar surface area (TPSA) is 23.5 Å². The van der Waals surface area contributed by atoms with Gasteiger partial charge in [0.05, 0.1) is 5.60 Å². The largest absolute Gasteiger partial charge is 0.390 e. The summed E-state index contributed by atoms with van der Waals surface area (Å²) in [5.74, 6) is 0. The van der Waals surface area contributed by atoms with Gasteiger partial charge in [0, 0.05) is 18.6 Å². The van der Waals surface area contributed by atoms with Crippen molar-refractivity contribution >= 4 is 0 Å². The molecule has 2 unspecified atom stereocenters. The molecule has 2 aliphatic rings.